The molecule has 0 spiro atoms. The van der Waals surface area contributed by atoms with Crippen LogP contribution in [0.4, 0.5) is 5.95 Å². The maximum atomic E-state index is 13.0. The molecule has 4 aromatic rings. The van der Waals surface area contributed by atoms with Crippen molar-refractivity contribution in [2.75, 3.05) is 5.43 Å². The van der Waals surface area contributed by atoms with Gasteiger partial charge in [-0.25, -0.2) is 15.0 Å². The van der Waals surface area contributed by atoms with E-state index in [-0.39, 0.29) is 22.8 Å². The SMILES string of the molecule is Cn1c(=O)c2c(nc(N/N=C(/C(=O)O)c3ccccc3)n2CCCc2ccccc2)n(C)c1=O. The molecule has 2 aromatic heterocycles. The Morgan fingerprint density at radius 2 is 1.65 bits per heavy atom. The fourth-order valence-electron chi connectivity index (χ4n) is 3.77. The van der Waals surface area contributed by atoms with Gasteiger partial charge in [0.2, 0.25) is 5.95 Å². The molecule has 0 atom stereocenters. The minimum Gasteiger partial charge on any atom is -0.476 e. The van der Waals surface area contributed by atoms with Crippen molar-refractivity contribution >= 4 is 28.8 Å². The van der Waals surface area contributed by atoms with Gasteiger partial charge in [-0.05, 0) is 18.4 Å². The molecular weight excluding hydrogens is 436 g/mol. The van der Waals surface area contributed by atoms with Gasteiger partial charge in [0.15, 0.2) is 16.9 Å². The Bertz CT molecular complexity index is 1480. The molecule has 2 N–H and O–H groups in total. The highest BCUT2D eigenvalue weighted by atomic mass is 16.4. The van der Waals surface area contributed by atoms with Crippen molar-refractivity contribution < 1.29 is 9.90 Å². The summed E-state index contributed by atoms with van der Waals surface area (Å²) in [5.74, 6) is -1.04. The van der Waals surface area contributed by atoms with Crippen molar-refractivity contribution in [3.63, 3.8) is 0 Å². The number of hydrogen-bond donors (Lipinski definition) is 2. The Hall–Kier alpha value is -4.47. The van der Waals surface area contributed by atoms with Crippen LogP contribution in [0.25, 0.3) is 11.2 Å². The monoisotopic (exact) mass is 460 g/mol. The molecular formula is C24H24N6O4. The molecule has 0 aliphatic rings. The molecule has 10 heteroatoms. The van der Waals surface area contributed by atoms with Crippen LogP contribution in [-0.4, -0.2) is 35.5 Å². The molecule has 34 heavy (non-hydrogen) atoms. The van der Waals surface area contributed by atoms with E-state index in [9.17, 15) is 19.5 Å². The molecule has 174 valence electrons. The standard InChI is InChI=1S/C24H24N6O4/c1-28-20-19(21(31)29(2)24(28)34)30(15-9-12-16-10-5-3-6-11-16)23(25-20)27-26-18(22(32)33)17-13-7-4-8-14-17/h3-8,10-11,13-14H,9,12,15H2,1-2H3,(H,25,27)(H,32,33)/b26-18+. The van der Waals surface area contributed by atoms with Crippen molar-refractivity contribution in [3.8, 4) is 0 Å². The molecule has 2 aromatic carbocycles. The van der Waals surface area contributed by atoms with Crippen molar-refractivity contribution in [2.45, 2.75) is 19.4 Å². The number of nitrogens with zero attached hydrogens (tertiary/aromatic N) is 5. The molecule has 0 fully saturated rings. The van der Waals surface area contributed by atoms with Crippen molar-refractivity contribution in [2.24, 2.45) is 19.2 Å². The molecule has 0 aliphatic heterocycles. The van der Waals surface area contributed by atoms with Crippen LogP contribution in [0.15, 0.2) is 75.4 Å². The predicted octanol–water partition coefficient (Wildman–Crippen LogP) is 1.97. The first-order valence-corrected chi connectivity index (χ1v) is 10.7. The van der Waals surface area contributed by atoms with Crippen LogP contribution in [0, 0.1) is 0 Å². The second-order valence-electron chi connectivity index (χ2n) is 7.80. The number of hydrogen-bond acceptors (Lipinski definition) is 6. The summed E-state index contributed by atoms with van der Waals surface area (Å²) in [5.41, 5.74) is 3.53. The van der Waals surface area contributed by atoms with E-state index in [1.807, 2.05) is 30.3 Å². The van der Waals surface area contributed by atoms with E-state index >= 15 is 0 Å². The number of imidazole rings is 1. The Morgan fingerprint density at radius 3 is 2.29 bits per heavy atom. The summed E-state index contributed by atoms with van der Waals surface area (Å²) in [6, 6.07) is 18.4. The minimum absolute atomic E-state index is 0.177. The third-order valence-electron chi connectivity index (χ3n) is 5.56. The number of aromatic nitrogens is 4. The molecule has 0 amide bonds. The fourth-order valence-corrected chi connectivity index (χ4v) is 3.77. The zero-order valence-electron chi connectivity index (χ0n) is 18.8. The lowest BCUT2D eigenvalue weighted by Crippen LogP contribution is -2.37. The normalized spacial score (nSPS) is 11.6. The summed E-state index contributed by atoms with van der Waals surface area (Å²) in [7, 11) is 2.94. The number of carboxylic acids is 1. The van der Waals surface area contributed by atoms with Crippen molar-refractivity contribution in [3.05, 3.63) is 92.6 Å². The number of nitrogens with one attached hydrogen (secondary N) is 1. The third kappa shape index (κ3) is 4.38. The molecule has 2 heterocycles. The maximum absolute atomic E-state index is 13.0. The molecule has 0 radical (unpaired) electrons. The predicted molar refractivity (Wildman–Crippen MR) is 129 cm³/mol. The molecule has 0 aliphatic carbocycles. The number of fused-ring (bicyclic) bond motifs is 1. The quantitative estimate of drug-likeness (QED) is 0.306. The number of benzene rings is 2. The van der Waals surface area contributed by atoms with Gasteiger partial charge in [-0.3, -0.25) is 13.9 Å². The Balaban J connectivity index is 1.77. The third-order valence-corrected chi connectivity index (χ3v) is 5.56. The number of anilines is 1. The molecule has 0 unspecified atom stereocenters. The summed E-state index contributed by atoms with van der Waals surface area (Å²) in [6.45, 7) is 0.407. The van der Waals surface area contributed by atoms with E-state index in [4.69, 9.17) is 0 Å². The number of carbonyl (C=O) groups is 1. The molecule has 0 bridgehead atoms. The topological polar surface area (TPSA) is 124 Å². The highest BCUT2D eigenvalue weighted by molar-refractivity contribution is 6.42. The highest BCUT2D eigenvalue weighted by Crippen LogP contribution is 2.17. The highest BCUT2D eigenvalue weighted by Gasteiger charge is 2.20. The van der Waals surface area contributed by atoms with Gasteiger partial charge in [-0.15, -0.1) is 0 Å². The van der Waals surface area contributed by atoms with Crippen molar-refractivity contribution in [1.82, 2.24) is 18.7 Å². The lowest BCUT2D eigenvalue weighted by atomic mass is 10.1. The molecule has 0 saturated carbocycles. The lowest BCUT2D eigenvalue weighted by molar-refractivity contribution is -0.129. The average molecular weight is 460 g/mol. The zero-order chi connectivity index (χ0) is 24.2. The van der Waals surface area contributed by atoms with Crippen molar-refractivity contribution in [1.29, 1.82) is 0 Å². The molecule has 4 rings (SSSR count). The van der Waals surface area contributed by atoms with Gasteiger partial charge in [0.05, 0.1) is 0 Å². The van der Waals surface area contributed by atoms with Gasteiger partial charge in [-0.1, -0.05) is 60.7 Å². The smallest absolute Gasteiger partial charge is 0.356 e. The van der Waals surface area contributed by atoms with Gasteiger partial charge < -0.3 is 9.67 Å². The second kappa shape index (κ2) is 9.57. The minimum atomic E-state index is -1.21. The Kier molecular flexibility index (Phi) is 6.39. The van der Waals surface area contributed by atoms with E-state index < -0.39 is 17.2 Å². The van der Waals surface area contributed by atoms with Crippen LogP contribution >= 0.6 is 0 Å². The molecule has 0 saturated heterocycles. The second-order valence-corrected chi connectivity index (χ2v) is 7.80. The summed E-state index contributed by atoms with van der Waals surface area (Å²) in [5, 5.41) is 13.7. The average Bonchev–Trinajstić information content (AvgIpc) is 3.21. The maximum Gasteiger partial charge on any atom is 0.356 e. The number of hydrazone groups is 1. The van der Waals surface area contributed by atoms with Crippen LogP contribution in [-0.2, 0) is 31.9 Å². The first-order valence-electron chi connectivity index (χ1n) is 10.7. The molecule has 10 nitrogen and oxygen atoms in total. The van der Waals surface area contributed by atoms with Crippen LogP contribution in [0.3, 0.4) is 0 Å². The Labute approximate surface area is 194 Å². The van der Waals surface area contributed by atoms with Gasteiger partial charge >= 0.3 is 11.7 Å². The fraction of sp³-hybridized carbons (Fsp3) is 0.208. The summed E-state index contributed by atoms with van der Waals surface area (Å²) < 4.78 is 3.96. The van der Waals surface area contributed by atoms with E-state index in [1.54, 1.807) is 34.9 Å². The van der Waals surface area contributed by atoms with Crippen LogP contribution in [0.1, 0.15) is 17.5 Å². The number of aliphatic carboxylic acids is 1. The van der Waals surface area contributed by atoms with Gasteiger partial charge in [0, 0.05) is 26.2 Å². The number of carboxylic acid groups (broad SMARTS) is 1. The summed E-state index contributed by atoms with van der Waals surface area (Å²) >= 11 is 0. The van der Waals surface area contributed by atoms with E-state index in [1.165, 1.54) is 18.7 Å². The first-order chi connectivity index (χ1) is 16.4. The van der Waals surface area contributed by atoms with E-state index in [0.717, 1.165) is 16.6 Å². The number of rotatable bonds is 8. The lowest BCUT2D eigenvalue weighted by Gasteiger charge is -2.10. The summed E-state index contributed by atoms with van der Waals surface area (Å²) in [4.78, 5) is 41.6. The largest absolute Gasteiger partial charge is 0.476 e. The van der Waals surface area contributed by atoms with Crippen LogP contribution in [0.5, 0.6) is 0 Å². The van der Waals surface area contributed by atoms with Gasteiger partial charge in [0.25, 0.3) is 5.56 Å². The van der Waals surface area contributed by atoms with E-state index in [0.29, 0.717) is 18.5 Å². The van der Waals surface area contributed by atoms with Gasteiger partial charge in [-0.2, -0.15) is 10.1 Å². The van der Waals surface area contributed by atoms with Crippen LogP contribution < -0.4 is 16.7 Å². The first kappa shape index (κ1) is 22.7. The van der Waals surface area contributed by atoms with E-state index in [2.05, 4.69) is 15.5 Å². The van der Waals surface area contributed by atoms with Gasteiger partial charge in [0.1, 0.15) is 0 Å². The van der Waals surface area contributed by atoms with Crippen LogP contribution in [0.2, 0.25) is 0 Å². The Morgan fingerprint density at radius 1 is 1.00 bits per heavy atom. The zero-order valence-corrected chi connectivity index (χ0v) is 18.8. The number of aryl methyl sites for hydroxylation is 3. The summed E-state index contributed by atoms with van der Waals surface area (Å²) in [6.07, 6.45) is 1.45.